The van der Waals surface area contributed by atoms with Crippen LogP contribution >= 0.6 is 0 Å². The molecule has 0 aliphatic carbocycles. The zero-order valence-electron chi connectivity index (χ0n) is 22.2. The Labute approximate surface area is 222 Å². The largest absolute Gasteiger partial charge is 0.497 e. The lowest BCUT2D eigenvalue weighted by Gasteiger charge is -2.33. The Kier molecular flexibility index (Phi) is 6.73. The van der Waals surface area contributed by atoms with Crippen molar-refractivity contribution in [3.63, 3.8) is 0 Å². The first-order valence-electron chi connectivity index (χ1n) is 12.5. The van der Waals surface area contributed by atoms with E-state index in [0.29, 0.717) is 12.4 Å². The van der Waals surface area contributed by atoms with Crippen molar-refractivity contribution in [3.05, 3.63) is 70.8 Å². The van der Waals surface area contributed by atoms with Crippen LogP contribution < -0.4 is 28.4 Å². The van der Waals surface area contributed by atoms with Gasteiger partial charge < -0.3 is 33.5 Å². The summed E-state index contributed by atoms with van der Waals surface area (Å²) in [6.07, 6.45) is 1.62. The van der Waals surface area contributed by atoms with Crippen molar-refractivity contribution in [1.29, 1.82) is 0 Å². The van der Waals surface area contributed by atoms with E-state index in [9.17, 15) is 4.79 Å². The molecule has 8 nitrogen and oxygen atoms in total. The quantitative estimate of drug-likeness (QED) is 0.461. The molecule has 0 amide bonds. The zero-order chi connectivity index (χ0) is 27.0. The number of rotatable bonds is 4. The zero-order valence-corrected chi connectivity index (χ0v) is 22.2. The number of benzene rings is 3. The van der Waals surface area contributed by atoms with E-state index in [0.717, 1.165) is 52.7 Å². The van der Waals surface area contributed by atoms with Crippen LogP contribution in [0.3, 0.4) is 0 Å². The fourth-order valence-electron chi connectivity index (χ4n) is 5.19. The average Bonchev–Trinajstić information content (AvgIpc) is 3.29. The summed E-state index contributed by atoms with van der Waals surface area (Å²) in [5.41, 5.74) is 3.09. The summed E-state index contributed by atoms with van der Waals surface area (Å²) in [6.45, 7) is 4.66. The van der Waals surface area contributed by atoms with Gasteiger partial charge in [-0.05, 0) is 57.0 Å². The molecule has 6 rings (SSSR count). The highest BCUT2D eigenvalue weighted by Crippen LogP contribution is 2.52. The number of aromatic carboxylic acids is 1. The smallest absolute Gasteiger partial charge is 0.339 e. The van der Waals surface area contributed by atoms with Gasteiger partial charge in [0.15, 0.2) is 0 Å². The summed E-state index contributed by atoms with van der Waals surface area (Å²) >= 11 is 0. The maximum absolute atomic E-state index is 11.1. The van der Waals surface area contributed by atoms with Gasteiger partial charge in [-0.2, -0.15) is 0 Å². The van der Waals surface area contributed by atoms with E-state index < -0.39 is 5.97 Å². The molecular formula is C30H32O8. The Morgan fingerprint density at radius 2 is 1.58 bits per heavy atom. The molecule has 0 saturated carbocycles. The van der Waals surface area contributed by atoms with Crippen molar-refractivity contribution < 1.29 is 38.3 Å². The molecule has 3 aromatic rings. The molecule has 0 bridgehead atoms. The fourth-order valence-corrected chi connectivity index (χ4v) is 5.19. The van der Waals surface area contributed by atoms with E-state index >= 15 is 0 Å². The van der Waals surface area contributed by atoms with Crippen molar-refractivity contribution in [1.82, 2.24) is 0 Å². The molecule has 0 aromatic heterocycles. The van der Waals surface area contributed by atoms with Crippen LogP contribution in [-0.2, 0) is 6.42 Å². The Morgan fingerprint density at radius 3 is 2.24 bits per heavy atom. The first-order chi connectivity index (χ1) is 18.2. The highest BCUT2D eigenvalue weighted by Gasteiger charge is 2.41. The number of hydrogen-bond donors (Lipinski definition) is 1. The van der Waals surface area contributed by atoms with E-state index in [1.165, 1.54) is 18.7 Å². The molecule has 1 N–H and O–H groups in total. The molecule has 3 heterocycles. The van der Waals surface area contributed by atoms with Crippen LogP contribution in [0.1, 0.15) is 59.3 Å². The number of fused-ring (bicyclic) bond motifs is 6. The van der Waals surface area contributed by atoms with Crippen molar-refractivity contribution in [2.75, 3.05) is 27.9 Å². The molecule has 38 heavy (non-hydrogen) atoms. The van der Waals surface area contributed by atoms with Gasteiger partial charge in [0.05, 0.1) is 33.9 Å². The van der Waals surface area contributed by atoms with E-state index in [2.05, 4.69) is 6.07 Å². The van der Waals surface area contributed by atoms with Crippen LogP contribution in [-0.4, -0.2) is 44.6 Å². The minimum Gasteiger partial charge on any atom is -0.497 e. The highest BCUT2D eigenvalue weighted by atomic mass is 16.5. The van der Waals surface area contributed by atoms with Gasteiger partial charge in [-0.15, -0.1) is 0 Å². The summed E-state index contributed by atoms with van der Waals surface area (Å²) in [5.74, 6) is 3.73. The standard InChI is InChI=1S/C17H16O4.C13H16O4/c1-18-10-4-6-13-15(7-10)20-9-14-12-5-3-11(19-2)8-16(12)21-17(13)14;1-13(2)7-6-8-10(17-13)5-4-9(12(14)15)11(8)16-3/h3-8,14,17H,9H2,1-2H3;4-5H,6-7H2,1-3H3,(H,14,15). The molecule has 3 aliphatic rings. The summed E-state index contributed by atoms with van der Waals surface area (Å²) < 4.78 is 33.6. The number of ether oxygens (including phenoxy) is 6. The maximum atomic E-state index is 11.1. The Balaban J connectivity index is 0.000000159. The molecule has 0 fully saturated rings. The predicted octanol–water partition coefficient (Wildman–Crippen LogP) is 5.81. The fraction of sp³-hybridized carbons (Fsp3) is 0.367. The van der Waals surface area contributed by atoms with Crippen molar-refractivity contribution in [3.8, 4) is 34.5 Å². The molecule has 2 atom stereocenters. The van der Waals surface area contributed by atoms with Crippen LogP contribution in [0.25, 0.3) is 0 Å². The molecule has 0 radical (unpaired) electrons. The number of carboxylic acids is 1. The monoisotopic (exact) mass is 520 g/mol. The second kappa shape index (κ2) is 10.0. The van der Waals surface area contributed by atoms with Crippen LogP contribution in [0.2, 0.25) is 0 Å². The number of carboxylic acid groups (broad SMARTS) is 1. The van der Waals surface area contributed by atoms with Crippen molar-refractivity contribution in [2.45, 2.75) is 44.3 Å². The number of methoxy groups -OCH3 is 3. The minimum absolute atomic E-state index is 0.00163. The predicted molar refractivity (Wildman–Crippen MR) is 141 cm³/mol. The van der Waals surface area contributed by atoms with E-state index in [-0.39, 0.29) is 23.2 Å². The van der Waals surface area contributed by atoms with Crippen LogP contribution in [0.15, 0.2) is 48.5 Å². The van der Waals surface area contributed by atoms with Crippen LogP contribution in [0, 0.1) is 0 Å². The molecular weight excluding hydrogens is 488 g/mol. The second-order valence-electron chi connectivity index (χ2n) is 10.1. The van der Waals surface area contributed by atoms with Gasteiger partial charge in [-0.25, -0.2) is 4.79 Å². The van der Waals surface area contributed by atoms with E-state index in [4.69, 9.17) is 33.5 Å². The summed E-state index contributed by atoms with van der Waals surface area (Å²) in [5, 5.41) is 9.08. The van der Waals surface area contributed by atoms with Gasteiger partial charge in [0.1, 0.15) is 51.8 Å². The summed E-state index contributed by atoms with van der Waals surface area (Å²) in [4.78, 5) is 11.1. The molecule has 0 spiro atoms. The number of hydrogen-bond acceptors (Lipinski definition) is 7. The van der Waals surface area contributed by atoms with Gasteiger partial charge >= 0.3 is 5.97 Å². The van der Waals surface area contributed by atoms with Crippen molar-refractivity contribution in [2.24, 2.45) is 0 Å². The van der Waals surface area contributed by atoms with E-state index in [1.807, 2.05) is 44.2 Å². The van der Waals surface area contributed by atoms with Crippen LogP contribution in [0.4, 0.5) is 0 Å². The van der Waals surface area contributed by atoms with E-state index in [1.54, 1.807) is 20.3 Å². The highest BCUT2D eigenvalue weighted by molar-refractivity contribution is 5.92. The molecule has 0 saturated heterocycles. The summed E-state index contributed by atoms with van der Waals surface area (Å²) in [6, 6.07) is 15.1. The lowest BCUT2D eigenvalue weighted by molar-refractivity contribution is 0.0690. The third-order valence-electron chi connectivity index (χ3n) is 7.20. The van der Waals surface area contributed by atoms with Crippen LogP contribution in [0.5, 0.6) is 34.5 Å². The van der Waals surface area contributed by atoms with Gasteiger partial charge in [0.2, 0.25) is 0 Å². The van der Waals surface area contributed by atoms with Crippen molar-refractivity contribution >= 4 is 5.97 Å². The third-order valence-corrected chi connectivity index (χ3v) is 7.20. The maximum Gasteiger partial charge on any atom is 0.339 e. The molecule has 3 aliphatic heterocycles. The molecule has 2 unspecified atom stereocenters. The normalized spacial score (nSPS) is 19.4. The average molecular weight is 521 g/mol. The first-order valence-corrected chi connectivity index (χ1v) is 12.5. The topological polar surface area (TPSA) is 92.7 Å². The molecule has 3 aromatic carbocycles. The SMILES string of the molecule is COc1c(C(=O)O)ccc2c1CCC(C)(C)O2.COc1ccc2c(c1)OC1c3ccc(OC)cc3OCC21. The number of carbonyl (C=O) groups is 1. The van der Waals surface area contributed by atoms with Gasteiger partial charge in [-0.3, -0.25) is 0 Å². The molecule has 8 heteroatoms. The second-order valence-corrected chi connectivity index (χ2v) is 10.1. The lowest BCUT2D eigenvalue weighted by Crippen LogP contribution is -2.32. The Hall–Kier alpha value is -4.07. The van der Waals surface area contributed by atoms with Gasteiger partial charge in [-0.1, -0.05) is 6.07 Å². The van der Waals surface area contributed by atoms with Gasteiger partial charge in [0, 0.05) is 28.8 Å². The third kappa shape index (κ3) is 4.66. The summed E-state index contributed by atoms with van der Waals surface area (Å²) in [7, 11) is 4.80. The molecule has 200 valence electrons. The Morgan fingerprint density at radius 1 is 0.895 bits per heavy atom. The Bertz CT molecular complexity index is 1360. The first kappa shape index (κ1) is 25.6. The van der Waals surface area contributed by atoms with Gasteiger partial charge in [0.25, 0.3) is 0 Å². The lowest BCUT2D eigenvalue weighted by atomic mass is 9.89. The minimum atomic E-state index is -0.977.